The molecule has 0 aliphatic carbocycles. The monoisotopic (exact) mass is 294 g/mol. The van der Waals surface area contributed by atoms with Gasteiger partial charge in [-0.25, -0.2) is 4.39 Å². The van der Waals surface area contributed by atoms with Crippen LogP contribution >= 0.6 is 11.6 Å². The molecular weight excluding hydrogens is 275 g/mol. The zero-order chi connectivity index (χ0) is 14.9. The first-order valence-electron chi connectivity index (χ1n) is 6.90. The molecule has 108 valence electrons. The highest BCUT2D eigenvalue weighted by Gasteiger charge is 2.38. The van der Waals surface area contributed by atoms with Crippen molar-refractivity contribution in [2.45, 2.75) is 39.2 Å². The van der Waals surface area contributed by atoms with Gasteiger partial charge < -0.3 is 5.32 Å². The summed E-state index contributed by atoms with van der Waals surface area (Å²) in [6, 6.07) is 7.35. The van der Waals surface area contributed by atoms with E-state index in [4.69, 9.17) is 11.6 Å². The number of halogens is 2. The van der Waals surface area contributed by atoms with Crippen LogP contribution in [0.5, 0.6) is 0 Å². The summed E-state index contributed by atoms with van der Waals surface area (Å²) in [4.78, 5) is 0. The maximum Gasteiger partial charge on any atom is 0.141 e. The Morgan fingerprint density at radius 2 is 2.15 bits per heavy atom. The predicted octanol–water partition coefficient (Wildman–Crippen LogP) is 4.11. The van der Waals surface area contributed by atoms with Crippen molar-refractivity contribution >= 4 is 11.6 Å². The zero-order valence-electron chi connectivity index (χ0n) is 12.1. The lowest BCUT2D eigenvalue weighted by Gasteiger charge is -2.25. The first-order valence-corrected chi connectivity index (χ1v) is 7.27. The first kappa shape index (κ1) is 15.3. The molecule has 3 atom stereocenters. The number of hydrogen-bond donors (Lipinski definition) is 1. The molecule has 1 N–H and O–H groups in total. The third-order valence-corrected chi connectivity index (χ3v) is 4.11. The summed E-state index contributed by atoms with van der Waals surface area (Å²) in [5.74, 6) is -0.442. The van der Waals surface area contributed by atoms with E-state index in [1.54, 1.807) is 12.1 Å². The molecule has 2 nitrogen and oxygen atoms in total. The molecular formula is C16H20ClFN2. The Hall–Kier alpha value is -1.11. The molecule has 4 heteroatoms. The molecule has 0 radical (unpaired) electrons. The Morgan fingerprint density at radius 3 is 2.70 bits per heavy atom. The second-order valence-electron chi connectivity index (χ2n) is 6.71. The maximum absolute atomic E-state index is 13.3. The summed E-state index contributed by atoms with van der Waals surface area (Å²) in [6.45, 7) is 7.25. The quantitative estimate of drug-likeness (QED) is 0.891. The van der Waals surface area contributed by atoms with Crippen molar-refractivity contribution in [3.8, 4) is 6.07 Å². The van der Waals surface area contributed by atoms with Gasteiger partial charge in [-0.2, -0.15) is 5.26 Å². The molecule has 1 aromatic rings. The number of nitrogens with zero attached hydrogens (tertiary/aromatic N) is 1. The van der Waals surface area contributed by atoms with Crippen LogP contribution in [0.3, 0.4) is 0 Å². The molecule has 0 amide bonds. The normalized spacial score (nSPS) is 26.5. The van der Waals surface area contributed by atoms with Gasteiger partial charge in [-0.3, -0.25) is 0 Å². The van der Waals surface area contributed by atoms with Crippen molar-refractivity contribution in [2.24, 2.45) is 11.3 Å². The van der Waals surface area contributed by atoms with E-state index in [2.05, 4.69) is 32.2 Å². The summed E-state index contributed by atoms with van der Waals surface area (Å²) in [5, 5.41) is 13.1. The topological polar surface area (TPSA) is 35.8 Å². The predicted molar refractivity (Wildman–Crippen MR) is 79.1 cm³/mol. The molecule has 1 aliphatic rings. The van der Waals surface area contributed by atoms with Crippen LogP contribution in [0, 0.1) is 28.5 Å². The number of nitriles is 1. The Bertz CT molecular complexity index is 530. The van der Waals surface area contributed by atoms with Gasteiger partial charge in [-0.1, -0.05) is 38.4 Å². The zero-order valence-corrected chi connectivity index (χ0v) is 12.8. The number of benzene rings is 1. The SMILES string of the molecule is CC(C)(C)CC1NCC(c2ccc(F)c(Cl)c2)C1C#N. The van der Waals surface area contributed by atoms with Gasteiger partial charge in [-0.05, 0) is 29.5 Å². The van der Waals surface area contributed by atoms with Crippen LogP contribution in [0.1, 0.15) is 38.7 Å². The Balaban J connectivity index is 2.21. The van der Waals surface area contributed by atoms with Crippen LogP contribution in [0.4, 0.5) is 4.39 Å². The minimum Gasteiger partial charge on any atom is -0.312 e. The van der Waals surface area contributed by atoms with Crippen molar-refractivity contribution < 1.29 is 4.39 Å². The van der Waals surface area contributed by atoms with E-state index in [1.807, 2.05) is 0 Å². The molecule has 1 saturated heterocycles. The number of rotatable bonds is 2. The van der Waals surface area contributed by atoms with Crippen molar-refractivity contribution in [2.75, 3.05) is 6.54 Å². The van der Waals surface area contributed by atoms with E-state index in [9.17, 15) is 9.65 Å². The van der Waals surface area contributed by atoms with Gasteiger partial charge >= 0.3 is 0 Å². The van der Waals surface area contributed by atoms with E-state index < -0.39 is 5.82 Å². The van der Waals surface area contributed by atoms with E-state index in [0.29, 0.717) is 0 Å². The van der Waals surface area contributed by atoms with Gasteiger partial charge in [-0.15, -0.1) is 0 Å². The van der Waals surface area contributed by atoms with Crippen LogP contribution in [-0.4, -0.2) is 12.6 Å². The third kappa shape index (κ3) is 3.31. The standard InChI is InChI=1S/C16H20ClFN2/c1-16(2,3)7-15-11(8-19)12(9-20-15)10-4-5-14(18)13(17)6-10/h4-6,11-12,15,20H,7,9H2,1-3H3. The highest BCUT2D eigenvalue weighted by atomic mass is 35.5. The molecule has 2 rings (SSSR count). The molecule has 0 bridgehead atoms. The number of hydrogen-bond acceptors (Lipinski definition) is 2. The first-order chi connectivity index (χ1) is 9.31. The van der Waals surface area contributed by atoms with Crippen LogP contribution in [0.25, 0.3) is 0 Å². The summed E-state index contributed by atoms with van der Waals surface area (Å²) in [5.41, 5.74) is 1.11. The van der Waals surface area contributed by atoms with Crippen molar-refractivity contribution in [1.29, 1.82) is 5.26 Å². The van der Waals surface area contributed by atoms with Gasteiger partial charge in [0.25, 0.3) is 0 Å². The molecule has 1 heterocycles. The fourth-order valence-electron chi connectivity index (χ4n) is 2.92. The van der Waals surface area contributed by atoms with E-state index in [1.165, 1.54) is 6.07 Å². The summed E-state index contributed by atoms with van der Waals surface area (Å²) >= 11 is 5.85. The Labute approximate surface area is 124 Å². The Kier molecular flexibility index (Phi) is 4.36. The van der Waals surface area contributed by atoms with Crippen LogP contribution in [-0.2, 0) is 0 Å². The highest BCUT2D eigenvalue weighted by Crippen LogP contribution is 2.37. The summed E-state index contributed by atoms with van der Waals surface area (Å²) in [7, 11) is 0. The lowest BCUT2D eigenvalue weighted by molar-refractivity contribution is 0.304. The highest BCUT2D eigenvalue weighted by molar-refractivity contribution is 6.30. The van der Waals surface area contributed by atoms with E-state index >= 15 is 0 Å². The van der Waals surface area contributed by atoms with Crippen LogP contribution in [0.15, 0.2) is 18.2 Å². The second-order valence-corrected chi connectivity index (χ2v) is 7.12. The molecule has 0 saturated carbocycles. The molecule has 0 aromatic heterocycles. The number of nitrogens with one attached hydrogen (secondary N) is 1. The average molecular weight is 295 g/mol. The van der Waals surface area contributed by atoms with Gasteiger partial charge in [0.05, 0.1) is 17.0 Å². The lowest BCUT2D eigenvalue weighted by Crippen LogP contribution is -2.31. The summed E-state index contributed by atoms with van der Waals surface area (Å²) in [6.07, 6.45) is 0.941. The fourth-order valence-corrected chi connectivity index (χ4v) is 3.11. The van der Waals surface area contributed by atoms with Crippen molar-refractivity contribution in [3.63, 3.8) is 0 Å². The van der Waals surface area contributed by atoms with Gasteiger partial charge in [0.1, 0.15) is 5.82 Å². The molecule has 1 aliphatic heterocycles. The summed E-state index contributed by atoms with van der Waals surface area (Å²) < 4.78 is 13.3. The average Bonchev–Trinajstić information content (AvgIpc) is 2.73. The lowest BCUT2D eigenvalue weighted by atomic mass is 9.79. The van der Waals surface area contributed by atoms with Crippen LogP contribution < -0.4 is 5.32 Å². The largest absolute Gasteiger partial charge is 0.312 e. The third-order valence-electron chi connectivity index (χ3n) is 3.82. The second kappa shape index (κ2) is 5.71. The Morgan fingerprint density at radius 1 is 1.45 bits per heavy atom. The van der Waals surface area contributed by atoms with Crippen LogP contribution in [0.2, 0.25) is 5.02 Å². The minimum atomic E-state index is -0.416. The van der Waals surface area contributed by atoms with E-state index in [0.717, 1.165) is 18.5 Å². The molecule has 20 heavy (non-hydrogen) atoms. The minimum absolute atomic E-state index is 0.0745. The van der Waals surface area contributed by atoms with Gasteiger partial charge in [0, 0.05) is 18.5 Å². The molecule has 1 fully saturated rings. The molecule has 1 aromatic carbocycles. The maximum atomic E-state index is 13.3. The fraction of sp³-hybridized carbons (Fsp3) is 0.562. The van der Waals surface area contributed by atoms with Crippen molar-refractivity contribution in [1.82, 2.24) is 5.32 Å². The van der Waals surface area contributed by atoms with Crippen molar-refractivity contribution in [3.05, 3.63) is 34.6 Å². The smallest absolute Gasteiger partial charge is 0.141 e. The van der Waals surface area contributed by atoms with Gasteiger partial charge in [0.2, 0.25) is 0 Å². The van der Waals surface area contributed by atoms with E-state index in [-0.39, 0.29) is 28.3 Å². The van der Waals surface area contributed by atoms with Gasteiger partial charge in [0.15, 0.2) is 0 Å². The molecule has 3 unspecified atom stereocenters. The molecule has 0 spiro atoms.